The normalized spacial score (nSPS) is 15.2. The molecule has 0 aliphatic rings. The molecule has 1 unspecified atom stereocenters. The molecule has 0 heterocycles. The van der Waals surface area contributed by atoms with Crippen LogP contribution in [-0.2, 0) is 6.54 Å². The van der Waals surface area contributed by atoms with E-state index in [1.807, 2.05) is 25.1 Å². The van der Waals surface area contributed by atoms with Crippen LogP contribution in [0.5, 0.6) is 0 Å². The van der Waals surface area contributed by atoms with E-state index in [1.165, 1.54) is 0 Å². The Hall–Kier alpha value is -1.59. The maximum absolute atomic E-state index is 10.0. The van der Waals surface area contributed by atoms with Gasteiger partial charge in [-0.15, -0.1) is 0 Å². The van der Waals surface area contributed by atoms with Gasteiger partial charge in [0.05, 0.1) is 5.60 Å². The summed E-state index contributed by atoms with van der Waals surface area (Å²) in [5, 5.41) is 24.9. The van der Waals surface area contributed by atoms with E-state index in [1.54, 1.807) is 6.07 Å². The Morgan fingerprint density at radius 1 is 1.47 bits per heavy atom. The summed E-state index contributed by atoms with van der Waals surface area (Å²) in [7, 11) is 0. The molecule has 0 saturated heterocycles. The van der Waals surface area contributed by atoms with Gasteiger partial charge in [-0.25, -0.2) is 0 Å². The Balaban J connectivity index is 2.54. The molecule has 5 heteroatoms. The summed E-state index contributed by atoms with van der Waals surface area (Å²) in [6.45, 7) is 5.05. The number of hydrogen-bond acceptors (Lipinski definition) is 4. The van der Waals surface area contributed by atoms with E-state index in [0.717, 1.165) is 18.4 Å². The molecule has 5 nitrogen and oxygen atoms in total. The van der Waals surface area contributed by atoms with Crippen LogP contribution in [0.2, 0.25) is 0 Å². The highest BCUT2D eigenvalue weighted by Crippen LogP contribution is 2.11. The summed E-state index contributed by atoms with van der Waals surface area (Å²) in [5.74, 6) is 0.0971. The van der Waals surface area contributed by atoms with Crippen LogP contribution in [0.25, 0.3) is 0 Å². The number of amidine groups is 1. The van der Waals surface area contributed by atoms with Crippen molar-refractivity contribution in [2.24, 2.45) is 10.9 Å². The zero-order chi connectivity index (χ0) is 14.3. The number of nitrogens with zero attached hydrogens (tertiary/aromatic N) is 1. The summed E-state index contributed by atoms with van der Waals surface area (Å²) in [6.07, 6.45) is 1.72. The second kappa shape index (κ2) is 7.11. The zero-order valence-corrected chi connectivity index (χ0v) is 11.6. The van der Waals surface area contributed by atoms with E-state index in [-0.39, 0.29) is 5.84 Å². The molecule has 0 fully saturated rings. The summed E-state index contributed by atoms with van der Waals surface area (Å²) < 4.78 is 0. The third-order valence-corrected chi connectivity index (χ3v) is 2.95. The second-order valence-electron chi connectivity index (χ2n) is 5.04. The summed E-state index contributed by atoms with van der Waals surface area (Å²) >= 11 is 0. The fourth-order valence-corrected chi connectivity index (χ4v) is 2.00. The van der Waals surface area contributed by atoms with Crippen molar-refractivity contribution in [1.29, 1.82) is 0 Å². The van der Waals surface area contributed by atoms with E-state index in [4.69, 9.17) is 10.9 Å². The minimum Gasteiger partial charge on any atom is -0.409 e. The van der Waals surface area contributed by atoms with Gasteiger partial charge in [-0.2, -0.15) is 0 Å². The predicted molar refractivity (Wildman–Crippen MR) is 76.2 cm³/mol. The smallest absolute Gasteiger partial charge is 0.170 e. The molecule has 1 rings (SSSR count). The summed E-state index contributed by atoms with van der Waals surface area (Å²) in [6, 6.07) is 7.45. The van der Waals surface area contributed by atoms with E-state index >= 15 is 0 Å². The first kappa shape index (κ1) is 15.5. The maximum Gasteiger partial charge on any atom is 0.170 e. The Kier molecular flexibility index (Phi) is 5.79. The number of nitrogens with one attached hydrogen (secondary N) is 1. The maximum atomic E-state index is 10.0. The molecule has 106 valence electrons. The highest BCUT2D eigenvalue weighted by Gasteiger charge is 2.17. The zero-order valence-electron chi connectivity index (χ0n) is 11.6. The molecule has 0 amide bonds. The van der Waals surface area contributed by atoms with Gasteiger partial charge in [0, 0.05) is 18.7 Å². The van der Waals surface area contributed by atoms with Gasteiger partial charge in [0.2, 0.25) is 0 Å². The number of rotatable bonds is 7. The van der Waals surface area contributed by atoms with Crippen LogP contribution in [0.15, 0.2) is 29.4 Å². The molecular weight excluding hydrogens is 242 g/mol. The molecule has 0 bridgehead atoms. The minimum atomic E-state index is -0.683. The Labute approximate surface area is 114 Å². The van der Waals surface area contributed by atoms with Crippen LogP contribution in [0.1, 0.15) is 37.8 Å². The van der Waals surface area contributed by atoms with Crippen LogP contribution in [0, 0.1) is 0 Å². The Morgan fingerprint density at radius 3 is 2.84 bits per heavy atom. The first-order valence-electron chi connectivity index (χ1n) is 6.48. The molecule has 0 radical (unpaired) electrons. The number of oxime groups is 1. The van der Waals surface area contributed by atoms with Crippen molar-refractivity contribution in [1.82, 2.24) is 5.32 Å². The number of aliphatic hydroxyl groups is 1. The van der Waals surface area contributed by atoms with Crippen LogP contribution >= 0.6 is 0 Å². The van der Waals surface area contributed by atoms with E-state index in [2.05, 4.69) is 17.4 Å². The van der Waals surface area contributed by atoms with Gasteiger partial charge in [-0.1, -0.05) is 36.7 Å². The largest absolute Gasteiger partial charge is 0.409 e. The SMILES string of the molecule is CCCC(C)(O)CNCc1cccc(/C(N)=N/O)c1. The van der Waals surface area contributed by atoms with Crippen LogP contribution in [0.3, 0.4) is 0 Å². The number of benzene rings is 1. The van der Waals surface area contributed by atoms with Gasteiger partial charge >= 0.3 is 0 Å². The molecule has 0 saturated carbocycles. The van der Waals surface area contributed by atoms with Gasteiger partial charge in [-0.05, 0) is 25.0 Å². The highest BCUT2D eigenvalue weighted by atomic mass is 16.4. The van der Waals surface area contributed by atoms with Crippen molar-refractivity contribution in [3.8, 4) is 0 Å². The van der Waals surface area contributed by atoms with E-state index in [9.17, 15) is 5.11 Å². The molecule has 5 N–H and O–H groups in total. The summed E-state index contributed by atoms with van der Waals surface area (Å²) in [5.41, 5.74) is 6.56. The molecule has 0 aliphatic heterocycles. The fraction of sp³-hybridized carbons (Fsp3) is 0.500. The first-order valence-corrected chi connectivity index (χ1v) is 6.48. The Bertz CT molecular complexity index is 430. The molecule has 0 spiro atoms. The van der Waals surface area contributed by atoms with Gasteiger partial charge in [-0.3, -0.25) is 0 Å². The predicted octanol–water partition coefficient (Wildman–Crippen LogP) is 1.42. The van der Waals surface area contributed by atoms with Gasteiger partial charge in [0.1, 0.15) is 0 Å². The minimum absolute atomic E-state index is 0.0971. The van der Waals surface area contributed by atoms with Crippen molar-refractivity contribution in [3.63, 3.8) is 0 Å². The lowest BCUT2D eigenvalue weighted by molar-refractivity contribution is 0.0498. The third-order valence-electron chi connectivity index (χ3n) is 2.95. The molecule has 1 atom stereocenters. The second-order valence-corrected chi connectivity index (χ2v) is 5.04. The van der Waals surface area contributed by atoms with Crippen molar-refractivity contribution >= 4 is 5.84 Å². The van der Waals surface area contributed by atoms with E-state index in [0.29, 0.717) is 18.7 Å². The van der Waals surface area contributed by atoms with Crippen LogP contribution in [-0.4, -0.2) is 28.3 Å². The molecular formula is C14H23N3O2. The lowest BCUT2D eigenvalue weighted by atomic mass is 10.0. The third kappa shape index (κ3) is 5.28. The highest BCUT2D eigenvalue weighted by molar-refractivity contribution is 5.97. The van der Waals surface area contributed by atoms with Crippen molar-refractivity contribution in [2.75, 3.05) is 6.54 Å². The average Bonchev–Trinajstić information content (AvgIpc) is 2.38. The van der Waals surface area contributed by atoms with Gasteiger partial charge in [0.15, 0.2) is 5.84 Å². The molecule has 1 aromatic carbocycles. The monoisotopic (exact) mass is 265 g/mol. The molecule has 0 aromatic heterocycles. The van der Waals surface area contributed by atoms with Crippen molar-refractivity contribution in [2.45, 2.75) is 38.8 Å². The molecule has 19 heavy (non-hydrogen) atoms. The first-order chi connectivity index (χ1) is 8.98. The summed E-state index contributed by atoms with van der Waals surface area (Å²) in [4.78, 5) is 0. The topological polar surface area (TPSA) is 90.9 Å². The number of hydrogen-bond donors (Lipinski definition) is 4. The Morgan fingerprint density at radius 2 is 2.21 bits per heavy atom. The average molecular weight is 265 g/mol. The lowest BCUT2D eigenvalue weighted by Gasteiger charge is -2.23. The lowest BCUT2D eigenvalue weighted by Crippen LogP contribution is -2.37. The van der Waals surface area contributed by atoms with Crippen LogP contribution in [0.4, 0.5) is 0 Å². The van der Waals surface area contributed by atoms with Crippen molar-refractivity contribution in [3.05, 3.63) is 35.4 Å². The van der Waals surface area contributed by atoms with Crippen molar-refractivity contribution < 1.29 is 10.3 Å². The standard InChI is InChI=1S/C14H23N3O2/c1-3-7-14(2,18)10-16-9-11-5-4-6-12(8-11)13(15)17-19/h4-6,8,16,18-19H,3,7,9-10H2,1-2H3,(H2,15,17). The fourth-order valence-electron chi connectivity index (χ4n) is 2.00. The van der Waals surface area contributed by atoms with Crippen LogP contribution < -0.4 is 11.1 Å². The molecule has 1 aromatic rings. The van der Waals surface area contributed by atoms with Gasteiger partial charge < -0.3 is 21.4 Å². The van der Waals surface area contributed by atoms with E-state index < -0.39 is 5.60 Å². The number of nitrogens with two attached hydrogens (primary N) is 1. The van der Waals surface area contributed by atoms with Gasteiger partial charge in [0.25, 0.3) is 0 Å². The quantitative estimate of drug-likeness (QED) is 0.260. The molecule has 0 aliphatic carbocycles.